The normalized spacial score (nSPS) is 20.3. The molecule has 2 heterocycles. The van der Waals surface area contributed by atoms with Gasteiger partial charge in [-0.15, -0.1) is 0 Å². The van der Waals surface area contributed by atoms with Crippen molar-refractivity contribution in [3.63, 3.8) is 0 Å². The van der Waals surface area contributed by atoms with Crippen molar-refractivity contribution in [3.8, 4) is 0 Å². The molecule has 1 N–H and O–H groups in total. The predicted octanol–water partition coefficient (Wildman–Crippen LogP) is 2.59. The smallest absolute Gasteiger partial charge is 0.106 e. The summed E-state index contributed by atoms with van der Waals surface area (Å²) in [5.41, 5.74) is 3.49. The zero-order valence-electron chi connectivity index (χ0n) is 11.8. The highest BCUT2D eigenvalue weighted by Gasteiger charge is 2.17. The lowest BCUT2D eigenvalue weighted by Gasteiger charge is -2.24. The highest BCUT2D eigenvalue weighted by Crippen LogP contribution is 2.26. The molecule has 0 amide bonds. The molecule has 1 aliphatic heterocycles. The fraction of sp³-hybridized carbons (Fsp3) is 0.533. The summed E-state index contributed by atoms with van der Waals surface area (Å²) in [6.07, 6.45) is 0.155. The van der Waals surface area contributed by atoms with E-state index in [0.717, 1.165) is 31.0 Å². The lowest BCUT2D eigenvalue weighted by Crippen LogP contribution is -2.33. The van der Waals surface area contributed by atoms with Gasteiger partial charge in [0.1, 0.15) is 5.82 Å². The Kier molecular flexibility index (Phi) is 3.29. The highest BCUT2D eigenvalue weighted by atomic mass is 16.5. The summed E-state index contributed by atoms with van der Waals surface area (Å²) in [7, 11) is 0. The van der Waals surface area contributed by atoms with E-state index >= 15 is 0 Å². The minimum atomic E-state index is 0.155. The van der Waals surface area contributed by atoms with E-state index < -0.39 is 0 Å². The van der Waals surface area contributed by atoms with Crippen LogP contribution in [0.25, 0.3) is 11.0 Å². The van der Waals surface area contributed by atoms with Crippen molar-refractivity contribution in [3.05, 3.63) is 29.6 Å². The summed E-state index contributed by atoms with van der Waals surface area (Å²) in [5, 5.41) is 3.37. The Morgan fingerprint density at radius 1 is 1.42 bits per heavy atom. The van der Waals surface area contributed by atoms with Gasteiger partial charge in [0.05, 0.1) is 23.7 Å². The first kappa shape index (κ1) is 12.6. The van der Waals surface area contributed by atoms with Gasteiger partial charge >= 0.3 is 0 Å². The molecule has 4 nitrogen and oxygen atoms in total. The van der Waals surface area contributed by atoms with E-state index in [-0.39, 0.29) is 6.10 Å². The number of ether oxygens (including phenoxy) is 1. The molecule has 1 unspecified atom stereocenters. The van der Waals surface area contributed by atoms with Crippen LogP contribution in [0, 0.1) is 6.92 Å². The number of hydrogen-bond acceptors (Lipinski definition) is 3. The van der Waals surface area contributed by atoms with Gasteiger partial charge in [-0.1, -0.05) is 6.07 Å². The van der Waals surface area contributed by atoms with Crippen LogP contribution < -0.4 is 5.32 Å². The van der Waals surface area contributed by atoms with Gasteiger partial charge in [0.15, 0.2) is 0 Å². The van der Waals surface area contributed by atoms with Crippen molar-refractivity contribution >= 4 is 11.0 Å². The van der Waals surface area contributed by atoms with E-state index in [1.54, 1.807) is 0 Å². The molecule has 0 radical (unpaired) electrons. The molecule has 3 rings (SSSR count). The maximum atomic E-state index is 5.80. The molecule has 0 bridgehead atoms. The molecule has 1 saturated heterocycles. The van der Waals surface area contributed by atoms with E-state index in [4.69, 9.17) is 4.74 Å². The maximum Gasteiger partial charge on any atom is 0.106 e. The number of rotatable bonds is 2. The first-order chi connectivity index (χ1) is 9.16. The second-order valence-corrected chi connectivity index (χ2v) is 5.43. The molecule has 0 spiro atoms. The van der Waals surface area contributed by atoms with Crippen LogP contribution in [0.5, 0.6) is 0 Å². The monoisotopic (exact) mass is 259 g/mol. The second kappa shape index (κ2) is 4.94. The lowest BCUT2D eigenvalue weighted by molar-refractivity contribution is 0.0278. The van der Waals surface area contributed by atoms with Gasteiger partial charge in [-0.2, -0.15) is 0 Å². The molecule has 4 heteroatoms. The highest BCUT2D eigenvalue weighted by molar-refractivity contribution is 5.77. The standard InChI is InChI=1S/C15H21N3O/c1-10(2)18-11(3)17-13-8-12(4-5-14(13)18)15-9-16-6-7-19-15/h4-5,8,10,15-16H,6-7,9H2,1-3H3. The van der Waals surface area contributed by atoms with E-state index in [1.807, 2.05) is 0 Å². The summed E-state index contributed by atoms with van der Waals surface area (Å²) in [4.78, 5) is 4.68. The molecular weight excluding hydrogens is 238 g/mol. The van der Waals surface area contributed by atoms with E-state index in [1.165, 1.54) is 11.1 Å². The SMILES string of the molecule is Cc1nc2cc(C3CNCCO3)ccc2n1C(C)C. The minimum Gasteiger partial charge on any atom is -0.371 e. The van der Waals surface area contributed by atoms with Gasteiger partial charge in [0.25, 0.3) is 0 Å². The Bertz CT molecular complexity index is 582. The topological polar surface area (TPSA) is 39.1 Å². The van der Waals surface area contributed by atoms with Crippen LogP contribution in [0.4, 0.5) is 0 Å². The molecule has 102 valence electrons. The van der Waals surface area contributed by atoms with Gasteiger partial charge in [0, 0.05) is 19.1 Å². The lowest BCUT2D eigenvalue weighted by atomic mass is 10.1. The molecule has 1 atom stereocenters. The average molecular weight is 259 g/mol. The van der Waals surface area contributed by atoms with Gasteiger partial charge < -0.3 is 14.6 Å². The summed E-state index contributed by atoms with van der Waals surface area (Å²) >= 11 is 0. The van der Waals surface area contributed by atoms with Crippen molar-refractivity contribution in [1.82, 2.24) is 14.9 Å². The summed E-state index contributed by atoms with van der Waals surface area (Å²) in [6, 6.07) is 6.94. The van der Waals surface area contributed by atoms with E-state index in [0.29, 0.717) is 6.04 Å². The Morgan fingerprint density at radius 2 is 2.26 bits per heavy atom. The summed E-state index contributed by atoms with van der Waals surface area (Å²) in [6.45, 7) is 9.06. The predicted molar refractivity (Wildman–Crippen MR) is 76.4 cm³/mol. The van der Waals surface area contributed by atoms with Crippen LogP contribution in [0.3, 0.4) is 0 Å². The maximum absolute atomic E-state index is 5.80. The van der Waals surface area contributed by atoms with Crippen LogP contribution in [0.2, 0.25) is 0 Å². The van der Waals surface area contributed by atoms with E-state index in [2.05, 4.69) is 53.8 Å². The Morgan fingerprint density at radius 3 is 2.95 bits per heavy atom. The molecule has 0 aliphatic carbocycles. The van der Waals surface area contributed by atoms with Crippen LogP contribution in [0.15, 0.2) is 18.2 Å². The van der Waals surface area contributed by atoms with Crippen molar-refractivity contribution in [2.75, 3.05) is 19.7 Å². The number of fused-ring (bicyclic) bond motifs is 1. The molecule has 2 aromatic rings. The summed E-state index contributed by atoms with van der Waals surface area (Å²) in [5.74, 6) is 1.07. The Balaban J connectivity index is 2.02. The minimum absolute atomic E-state index is 0.155. The van der Waals surface area contributed by atoms with Crippen molar-refractivity contribution < 1.29 is 4.74 Å². The van der Waals surface area contributed by atoms with Gasteiger partial charge in [-0.25, -0.2) is 4.98 Å². The molecule has 1 aliphatic rings. The number of benzene rings is 1. The first-order valence-electron chi connectivity index (χ1n) is 6.97. The zero-order chi connectivity index (χ0) is 13.4. The van der Waals surface area contributed by atoms with E-state index in [9.17, 15) is 0 Å². The van der Waals surface area contributed by atoms with Crippen molar-refractivity contribution in [1.29, 1.82) is 0 Å². The zero-order valence-corrected chi connectivity index (χ0v) is 11.8. The molecule has 1 aromatic carbocycles. The third-order valence-electron chi connectivity index (χ3n) is 3.71. The fourth-order valence-corrected chi connectivity index (χ4v) is 2.87. The van der Waals surface area contributed by atoms with Crippen LogP contribution in [-0.4, -0.2) is 29.2 Å². The number of aromatic nitrogens is 2. The third kappa shape index (κ3) is 2.26. The van der Waals surface area contributed by atoms with Crippen LogP contribution >= 0.6 is 0 Å². The number of nitrogens with one attached hydrogen (secondary N) is 1. The molecule has 0 saturated carbocycles. The quantitative estimate of drug-likeness (QED) is 0.901. The Labute approximate surface area is 113 Å². The summed E-state index contributed by atoms with van der Waals surface area (Å²) < 4.78 is 8.08. The largest absolute Gasteiger partial charge is 0.371 e. The third-order valence-corrected chi connectivity index (χ3v) is 3.71. The molecular formula is C15H21N3O. The van der Waals surface area contributed by atoms with Gasteiger partial charge in [-0.3, -0.25) is 0 Å². The van der Waals surface area contributed by atoms with Gasteiger partial charge in [0.2, 0.25) is 0 Å². The van der Waals surface area contributed by atoms with Gasteiger partial charge in [-0.05, 0) is 38.5 Å². The number of nitrogens with zero attached hydrogens (tertiary/aromatic N) is 2. The number of morpholine rings is 1. The fourth-order valence-electron chi connectivity index (χ4n) is 2.87. The number of hydrogen-bond donors (Lipinski definition) is 1. The number of imidazole rings is 1. The molecule has 1 aromatic heterocycles. The molecule has 19 heavy (non-hydrogen) atoms. The average Bonchev–Trinajstić information content (AvgIpc) is 2.74. The second-order valence-electron chi connectivity index (χ2n) is 5.43. The first-order valence-corrected chi connectivity index (χ1v) is 6.97. The van der Waals surface area contributed by atoms with Crippen LogP contribution in [0.1, 0.15) is 37.4 Å². The van der Waals surface area contributed by atoms with Crippen LogP contribution in [-0.2, 0) is 4.74 Å². The molecule has 1 fully saturated rings. The Hall–Kier alpha value is -1.39. The number of aryl methyl sites for hydroxylation is 1. The van der Waals surface area contributed by atoms with Crippen molar-refractivity contribution in [2.24, 2.45) is 0 Å². The van der Waals surface area contributed by atoms with Crippen molar-refractivity contribution in [2.45, 2.75) is 32.9 Å².